The highest BCUT2D eigenvalue weighted by molar-refractivity contribution is 5.76. The van der Waals surface area contributed by atoms with Crippen LogP contribution >= 0.6 is 0 Å². The van der Waals surface area contributed by atoms with E-state index in [0.717, 1.165) is 24.1 Å². The summed E-state index contributed by atoms with van der Waals surface area (Å²) >= 11 is 0. The first kappa shape index (κ1) is 24.9. The fraction of sp³-hybridized carbons (Fsp3) is 0.333. The molecular weight excluding hydrogens is 465 g/mol. The second-order valence-corrected chi connectivity index (χ2v) is 7.53. The van der Waals surface area contributed by atoms with Gasteiger partial charge in [0.1, 0.15) is 29.8 Å². The van der Waals surface area contributed by atoms with Crippen LogP contribution in [0.4, 0.5) is 22.0 Å². The second kappa shape index (κ2) is 10.0. The molecule has 2 N–H and O–H groups in total. The van der Waals surface area contributed by atoms with Crippen molar-refractivity contribution in [1.29, 1.82) is 0 Å². The summed E-state index contributed by atoms with van der Waals surface area (Å²) in [7, 11) is 0. The maximum atomic E-state index is 14.0. The van der Waals surface area contributed by atoms with Crippen molar-refractivity contribution in [3.05, 3.63) is 60.1 Å². The lowest BCUT2D eigenvalue weighted by atomic mass is 10.1. The van der Waals surface area contributed by atoms with Crippen molar-refractivity contribution in [2.75, 3.05) is 0 Å². The first-order chi connectivity index (χ1) is 15.9. The number of carboxylic acid groups (broad SMARTS) is 1. The van der Waals surface area contributed by atoms with E-state index in [9.17, 15) is 26.7 Å². The van der Waals surface area contributed by atoms with Gasteiger partial charge in [0.25, 0.3) is 0 Å². The van der Waals surface area contributed by atoms with E-state index in [0.29, 0.717) is 18.7 Å². The third kappa shape index (κ3) is 6.17. The molecule has 8 nitrogen and oxygen atoms in total. The van der Waals surface area contributed by atoms with Gasteiger partial charge in [0.15, 0.2) is 0 Å². The van der Waals surface area contributed by atoms with E-state index in [-0.39, 0.29) is 24.1 Å². The molecular formula is C21H20F5N5O3. The Hall–Kier alpha value is -3.77. The van der Waals surface area contributed by atoms with E-state index >= 15 is 0 Å². The summed E-state index contributed by atoms with van der Waals surface area (Å²) in [5.74, 6) is -2.45. The number of aryl methyl sites for hydroxylation is 2. The maximum Gasteiger partial charge on any atom is 0.490 e. The lowest BCUT2D eigenvalue weighted by molar-refractivity contribution is -0.192. The van der Waals surface area contributed by atoms with Crippen LogP contribution in [0.5, 0.6) is 0 Å². The molecule has 1 unspecified atom stereocenters. The summed E-state index contributed by atoms with van der Waals surface area (Å²) in [6.45, 7) is 2.65. The minimum Gasteiger partial charge on any atom is -0.475 e. The summed E-state index contributed by atoms with van der Waals surface area (Å²) in [5, 5.41) is 10.2. The first-order valence-corrected chi connectivity index (χ1v) is 10.0. The monoisotopic (exact) mass is 485 g/mol. The minimum absolute atomic E-state index is 0.0195. The highest BCUT2D eigenvalue weighted by atomic mass is 19.4. The van der Waals surface area contributed by atoms with Gasteiger partial charge in [-0.2, -0.15) is 13.2 Å². The average molecular weight is 485 g/mol. The summed E-state index contributed by atoms with van der Waals surface area (Å²) in [4.78, 5) is 29.8. The molecule has 4 rings (SSSR count). The van der Waals surface area contributed by atoms with Gasteiger partial charge in [-0.25, -0.2) is 23.5 Å². The molecule has 0 saturated carbocycles. The molecule has 1 amide bonds. The molecule has 0 radical (unpaired) electrons. The maximum absolute atomic E-state index is 14.0. The molecule has 3 aromatic rings. The first-order valence-electron chi connectivity index (χ1n) is 10.0. The number of alkyl halides is 3. The Bertz CT molecular complexity index is 1190. The van der Waals surface area contributed by atoms with Gasteiger partial charge >= 0.3 is 12.1 Å². The van der Waals surface area contributed by atoms with Crippen molar-refractivity contribution in [2.24, 2.45) is 0 Å². The number of aromatic nitrogens is 4. The van der Waals surface area contributed by atoms with Crippen molar-refractivity contribution in [3.8, 4) is 11.3 Å². The number of imidazole rings is 2. The number of aliphatic carboxylic acids is 1. The van der Waals surface area contributed by atoms with E-state index in [1.165, 1.54) is 12.1 Å². The van der Waals surface area contributed by atoms with Crippen LogP contribution in [0.2, 0.25) is 0 Å². The van der Waals surface area contributed by atoms with E-state index in [2.05, 4.69) is 15.3 Å². The number of carboxylic acids is 1. The molecule has 3 heterocycles. The van der Waals surface area contributed by atoms with Crippen LogP contribution in [0.15, 0.2) is 36.8 Å². The number of amides is 1. The molecule has 13 heteroatoms. The van der Waals surface area contributed by atoms with Gasteiger partial charge in [-0.15, -0.1) is 0 Å². The molecule has 34 heavy (non-hydrogen) atoms. The Balaban J connectivity index is 0.000000406. The largest absolute Gasteiger partial charge is 0.490 e. The van der Waals surface area contributed by atoms with E-state index in [1.807, 2.05) is 11.5 Å². The van der Waals surface area contributed by atoms with Crippen molar-refractivity contribution in [1.82, 2.24) is 24.4 Å². The van der Waals surface area contributed by atoms with Gasteiger partial charge in [-0.05, 0) is 25.5 Å². The van der Waals surface area contributed by atoms with Crippen molar-refractivity contribution >= 4 is 11.9 Å². The van der Waals surface area contributed by atoms with Crippen LogP contribution in [0.25, 0.3) is 11.3 Å². The molecule has 182 valence electrons. The van der Waals surface area contributed by atoms with Gasteiger partial charge in [0.2, 0.25) is 5.91 Å². The molecule has 0 saturated heterocycles. The number of nitrogens with one attached hydrogen (secondary N) is 1. The lowest BCUT2D eigenvalue weighted by Crippen LogP contribution is -2.42. The number of carbonyl (C=O) groups excluding carboxylic acids is 1. The zero-order chi connectivity index (χ0) is 25.0. The third-order valence-corrected chi connectivity index (χ3v) is 5.04. The summed E-state index contributed by atoms with van der Waals surface area (Å²) in [5.41, 5.74) is 0.748. The van der Waals surface area contributed by atoms with Crippen LogP contribution in [0, 0.1) is 18.6 Å². The summed E-state index contributed by atoms with van der Waals surface area (Å²) < 4.78 is 62.6. The number of nitrogens with zero attached hydrogens (tertiary/aromatic N) is 4. The number of benzene rings is 1. The van der Waals surface area contributed by atoms with Crippen LogP contribution < -0.4 is 5.32 Å². The van der Waals surface area contributed by atoms with Crippen molar-refractivity contribution in [3.63, 3.8) is 0 Å². The highest BCUT2D eigenvalue weighted by Crippen LogP contribution is 2.25. The van der Waals surface area contributed by atoms with Crippen LogP contribution in [0.1, 0.15) is 18.1 Å². The molecule has 1 aliphatic heterocycles. The molecule has 1 atom stereocenters. The molecule has 0 bridgehead atoms. The smallest absolute Gasteiger partial charge is 0.475 e. The van der Waals surface area contributed by atoms with Crippen LogP contribution in [-0.4, -0.2) is 48.3 Å². The van der Waals surface area contributed by atoms with Crippen molar-refractivity contribution < 1.29 is 36.6 Å². The minimum atomic E-state index is -5.08. The lowest BCUT2D eigenvalue weighted by Gasteiger charge is -2.24. The topological polar surface area (TPSA) is 102 Å². The second-order valence-electron chi connectivity index (χ2n) is 7.53. The Morgan fingerprint density at radius 2 is 1.97 bits per heavy atom. The SMILES string of the molecule is Cc1nccn1CC(=O)NC1CCc2nc(-c3ccc(F)cc3F)cn2C1.O=C(O)C(F)(F)F. The van der Waals surface area contributed by atoms with Crippen LogP contribution in [-0.2, 0) is 29.1 Å². The quantitative estimate of drug-likeness (QED) is 0.553. The zero-order valence-corrected chi connectivity index (χ0v) is 17.8. The van der Waals surface area contributed by atoms with Gasteiger partial charge in [-0.1, -0.05) is 0 Å². The number of fused-ring (bicyclic) bond motifs is 1. The third-order valence-electron chi connectivity index (χ3n) is 5.04. The fourth-order valence-corrected chi connectivity index (χ4v) is 3.39. The number of carbonyl (C=O) groups is 2. The standard InChI is InChI=1S/C19H19F2N5O.C2HF3O2/c1-12-22-6-7-25(12)11-19(27)23-14-3-5-18-24-17(10-26(18)9-14)15-4-2-13(20)8-16(15)21;3-2(4,5)1(6)7/h2,4,6-8,10,14H,3,5,9,11H2,1H3,(H,23,27);(H,6,7). The predicted molar refractivity (Wildman–Crippen MR) is 108 cm³/mol. The molecule has 0 fully saturated rings. The molecule has 0 aliphatic carbocycles. The molecule has 2 aromatic heterocycles. The Kier molecular flexibility index (Phi) is 7.32. The van der Waals surface area contributed by atoms with Gasteiger partial charge in [-0.3, -0.25) is 4.79 Å². The van der Waals surface area contributed by atoms with E-state index < -0.39 is 23.8 Å². The Labute approximate surface area is 190 Å². The molecule has 0 spiro atoms. The molecule has 1 aromatic carbocycles. The van der Waals surface area contributed by atoms with E-state index in [1.54, 1.807) is 23.2 Å². The highest BCUT2D eigenvalue weighted by Gasteiger charge is 2.38. The molecule has 1 aliphatic rings. The summed E-state index contributed by atoms with van der Waals surface area (Å²) in [6.07, 6.45) is 1.54. The summed E-state index contributed by atoms with van der Waals surface area (Å²) in [6, 6.07) is 3.45. The number of hydrogen-bond acceptors (Lipinski definition) is 4. The average Bonchev–Trinajstić information content (AvgIpc) is 3.33. The number of hydrogen-bond donors (Lipinski definition) is 2. The van der Waals surface area contributed by atoms with Gasteiger partial charge < -0.3 is 19.6 Å². The Morgan fingerprint density at radius 1 is 1.26 bits per heavy atom. The number of rotatable bonds is 4. The van der Waals surface area contributed by atoms with E-state index in [4.69, 9.17) is 9.90 Å². The van der Waals surface area contributed by atoms with Gasteiger partial charge in [0, 0.05) is 49.2 Å². The van der Waals surface area contributed by atoms with Gasteiger partial charge in [0.05, 0.1) is 5.69 Å². The number of halogens is 5. The fourth-order valence-electron chi connectivity index (χ4n) is 3.39. The normalized spacial score (nSPS) is 15.2. The Morgan fingerprint density at radius 3 is 2.56 bits per heavy atom. The van der Waals surface area contributed by atoms with Crippen molar-refractivity contribution in [2.45, 2.75) is 45.1 Å². The van der Waals surface area contributed by atoms with Crippen LogP contribution in [0.3, 0.4) is 0 Å². The predicted octanol–water partition coefficient (Wildman–Crippen LogP) is 3.10. The zero-order valence-electron chi connectivity index (χ0n) is 17.8.